The zero-order valence-electron chi connectivity index (χ0n) is 16.1. The quantitative estimate of drug-likeness (QED) is 0.406. The van der Waals surface area contributed by atoms with Crippen LogP contribution in [0.1, 0.15) is 34.1 Å². The summed E-state index contributed by atoms with van der Waals surface area (Å²) in [5.41, 5.74) is 9.09. The van der Waals surface area contributed by atoms with Gasteiger partial charge >= 0.3 is 0 Å². The molecule has 1 aliphatic rings. The number of amides is 1. The number of aromatic amines is 1. The van der Waals surface area contributed by atoms with Crippen molar-refractivity contribution in [1.29, 1.82) is 0 Å². The van der Waals surface area contributed by atoms with Gasteiger partial charge in [-0.2, -0.15) is 10.2 Å². The minimum atomic E-state index is -0.265. The molecule has 5 rings (SSSR count). The van der Waals surface area contributed by atoms with Gasteiger partial charge in [0.25, 0.3) is 5.91 Å². The molecule has 142 valence electrons. The molecule has 1 aromatic heterocycles. The summed E-state index contributed by atoms with van der Waals surface area (Å²) in [4.78, 5) is 12.7. The summed E-state index contributed by atoms with van der Waals surface area (Å²) >= 11 is 0. The van der Waals surface area contributed by atoms with Crippen LogP contribution in [-0.2, 0) is 12.8 Å². The minimum Gasteiger partial charge on any atom is -0.272 e. The number of rotatable bonds is 3. The van der Waals surface area contributed by atoms with E-state index in [0.717, 1.165) is 46.3 Å². The van der Waals surface area contributed by atoms with Crippen molar-refractivity contribution in [3.05, 3.63) is 89.1 Å². The first-order chi connectivity index (χ1) is 14.2. The molecule has 5 nitrogen and oxygen atoms in total. The van der Waals surface area contributed by atoms with E-state index in [0.29, 0.717) is 5.69 Å². The number of nitrogens with zero attached hydrogens (tertiary/aromatic N) is 2. The molecule has 0 aliphatic heterocycles. The number of hydrogen-bond acceptors (Lipinski definition) is 3. The molecule has 0 saturated heterocycles. The van der Waals surface area contributed by atoms with Crippen LogP contribution in [0.4, 0.5) is 0 Å². The molecule has 1 amide bonds. The van der Waals surface area contributed by atoms with Crippen LogP contribution >= 0.6 is 0 Å². The van der Waals surface area contributed by atoms with Gasteiger partial charge in [-0.1, -0.05) is 60.7 Å². The maximum Gasteiger partial charge on any atom is 0.289 e. The van der Waals surface area contributed by atoms with Crippen LogP contribution in [0.15, 0.2) is 71.8 Å². The molecule has 5 heteroatoms. The Kier molecular flexibility index (Phi) is 4.21. The zero-order valence-corrected chi connectivity index (χ0v) is 16.1. The Balaban J connectivity index is 1.39. The largest absolute Gasteiger partial charge is 0.289 e. The Morgan fingerprint density at radius 2 is 1.79 bits per heavy atom. The Morgan fingerprint density at radius 3 is 2.69 bits per heavy atom. The van der Waals surface area contributed by atoms with Crippen LogP contribution in [0.5, 0.6) is 0 Å². The van der Waals surface area contributed by atoms with Crippen LogP contribution in [0.25, 0.3) is 22.0 Å². The first-order valence-electron chi connectivity index (χ1n) is 9.70. The van der Waals surface area contributed by atoms with Gasteiger partial charge < -0.3 is 0 Å². The molecular weight excluding hydrogens is 360 g/mol. The maximum atomic E-state index is 12.7. The van der Waals surface area contributed by atoms with Crippen molar-refractivity contribution in [3.8, 4) is 11.3 Å². The standard InChI is InChI=1S/C24H20N4O/c1-15(18-11-10-16-6-2-3-8-19(16)14-18)25-28-24(29)23-21-13-12-17-7-4-5-9-20(17)22(21)26-27-23/h2-11,14H,12-13H2,1H3,(H,26,27)(H,28,29)/b25-15+. The third-order valence-corrected chi connectivity index (χ3v) is 5.50. The second kappa shape index (κ2) is 7.02. The summed E-state index contributed by atoms with van der Waals surface area (Å²) in [6.45, 7) is 1.89. The van der Waals surface area contributed by atoms with Gasteiger partial charge in [0.15, 0.2) is 0 Å². The molecule has 1 aliphatic carbocycles. The zero-order chi connectivity index (χ0) is 19.8. The van der Waals surface area contributed by atoms with Crippen LogP contribution in [-0.4, -0.2) is 21.8 Å². The van der Waals surface area contributed by atoms with E-state index in [1.54, 1.807) is 0 Å². The van der Waals surface area contributed by atoms with E-state index >= 15 is 0 Å². The molecule has 0 unspecified atom stereocenters. The van der Waals surface area contributed by atoms with Crippen LogP contribution in [0.3, 0.4) is 0 Å². The lowest BCUT2D eigenvalue weighted by Gasteiger charge is -2.15. The van der Waals surface area contributed by atoms with Crippen molar-refractivity contribution in [2.45, 2.75) is 19.8 Å². The molecule has 3 aromatic carbocycles. The predicted molar refractivity (Wildman–Crippen MR) is 115 cm³/mol. The topological polar surface area (TPSA) is 70.1 Å². The number of aromatic nitrogens is 2. The number of hydrogen-bond donors (Lipinski definition) is 2. The molecule has 4 aromatic rings. The molecule has 1 heterocycles. The molecule has 0 bridgehead atoms. The second-order valence-corrected chi connectivity index (χ2v) is 7.28. The maximum absolute atomic E-state index is 12.7. The van der Waals surface area contributed by atoms with Gasteiger partial charge in [-0.15, -0.1) is 0 Å². The summed E-state index contributed by atoms with van der Waals surface area (Å²) in [6.07, 6.45) is 1.70. The van der Waals surface area contributed by atoms with Crippen molar-refractivity contribution in [2.24, 2.45) is 5.10 Å². The fourth-order valence-corrected chi connectivity index (χ4v) is 3.92. The van der Waals surface area contributed by atoms with Crippen molar-refractivity contribution >= 4 is 22.4 Å². The van der Waals surface area contributed by atoms with Crippen LogP contribution in [0.2, 0.25) is 0 Å². The average molecular weight is 380 g/mol. The fourth-order valence-electron chi connectivity index (χ4n) is 3.92. The molecule has 0 saturated carbocycles. The SMILES string of the molecule is C/C(=N\NC(=O)c1[nH]nc2c1CCc1ccccc1-2)c1ccc2ccccc2c1. The summed E-state index contributed by atoms with van der Waals surface area (Å²) in [5, 5.41) is 14.0. The van der Waals surface area contributed by atoms with E-state index in [1.165, 1.54) is 10.9 Å². The lowest BCUT2D eigenvalue weighted by atomic mass is 9.89. The van der Waals surface area contributed by atoms with E-state index in [-0.39, 0.29) is 5.91 Å². The predicted octanol–water partition coefficient (Wildman–Crippen LogP) is 4.48. The summed E-state index contributed by atoms with van der Waals surface area (Å²) in [7, 11) is 0. The molecule has 2 N–H and O–H groups in total. The number of carbonyl (C=O) groups is 1. The lowest BCUT2D eigenvalue weighted by molar-refractivity contribution is 0.0949. The highest BCUT2D eigenvalue weighted by Gasteiger charge is 2.24. The van der Waals surface area contributed by atoms with E-state index < -0.39 is 0 Å². The Bertz CT molecular complexity index is 1270. The van der Waals surface area contributed by atoms with Crippen molar-refractivity contribution in [1.82, 2.24) is 15.6 Å². The first kappa shape index (κ1) is 17.4. The Morgan fingerprint density at radius 1 is 1.00 bits per heavy atom. The molecule has 0 fully saturated rings. The fraction of sp³-hybridized carbons (Fsp3) is 0.125. The Hall–Kier alpha value is -3.73. The monoisotopic (exact) mass is 380 g/mol. The third-order valence-electron chi connectivity index (χ3n) is 5.50. The van der Waals surface area contributed by atoms with Gasteiger partial charge in [0, 0.05) is 11.1 Å². The molecule has 0 atom stereocenters. The number of carbonyl (C=O) groups excluding carboxylic acids is 1. The Labute approximate surface area is 168 Å². The van der Waals surface area contributed by atoms with Crippen LogP contribution in [0, 0.1) is 0 Å². The lowest BCUT2D eigenvalue weighted by Crippen LogP contribution is -2.21. The number of hydrazone groups is 1. The van der Waals surface area contributed by atoms with Gasteiger partial charge in [0.1, 0.15) is 5.69 Å². The average Bonchev–Trinajstić information content (AvgIpc) is 3.21. The van der Waals surface area contributed by atoms with Gasteiger partial charge in [0.05, 0.1) is 11.4 Å². The first-order valence-corrected chi connectivity index (χ1v) is 9.70. The van der Waals surface area contributed by atoms with Gasteiger partial charge in [-0.05, 0) is 47.7 Å². The molecular formula is C24H20N4O. The van der Waals surface area contributed by atoms with E-state index in [1.807, 2.05) is 37.3 Å². The summed E-state index contributed by atoms with van der Waals surface area (Å²) in [6, 6.07) is 22.5. The van der Waals surface area contributed by atoms with Gasteiger partial charge in [-0.25, -0.2) is 5.43 Å². The number of benzene rings is 3. The van der Waals surface area contributed by atoms with Crippen molar-refractivity contribution in [3.63, 3.8) is 0 Å². The van der Waals surface area contributed by atoms with Crippen molar-refractivity contribution < 1.29 is 4.79 Å². The summed E-state index contributed by atoms with van der Waals surface area (Å²) in [5.74, 6) is -0.265. The van der Waals surface area contributed by atoms with Gasteiger partial charge in [-0.3, -0.25) is 9.89 Å². The highest BCUT2D eigenvalue weighted by atomic mass is 16.2. The van der Waals surface area contributed by atoms with E-state index in [9.17, 15) is 4.79 Å². The molecule has 0 radical (unpaired) electrons. The highest BCUT2D eigenvalue weighted by molar-refractivity contribution is 6.03. The number of H-pyrrole nitrogens is 1. The minimum absolute atomic E-state index is 0.265. The summed E-state index contributed by atoms with van der Waals surface area (Å²) < 4.78 is 0. The third kappa shape index (κ3) is 3.10. The molecule has 0 spiro atoms. The van der Waals surface area contributed by atoms with E-state index in [4.69, 9.17) is 0 Å². The molecule has 29 heavy (non-hydrogen) atoms. The van der Waals surface area contributed by atoms with Crippen LogP contribution < -0.4 is 5.43 Å². The number of aryl methyl sites for hydroxylation is 1. The smallest absolute Gasteiger partial charge is 0.272 e. The number of nitrogens with one attached hydrogen (secondary N) is 2. The normalized spacial score (nSPS) is 13.1. The van der Waals surface area contributed by atoms with E-state index in [2.05, 4.69) is 57.1 Å². The van der Waals surface area contributed by atoms with Crippen molar-refractivity contribution in [2.75, 3.05) is 0 Å². The second-order valence-electron chi connectivity index (χ2n) is 7.28. The van der Waals surface area contributed by atoms with Gasteiger partial charge in [0.2, 0.25) is 0 Å². The highest BCUT2D eigenvalue weighted by Crippen LogP contribution is 2.33. The number of fused-ring (bicyclic) bond motifs is 4.